The Morgan fingerprint density at radius 1 is 1.64 bits per heavy atom. The van der Waals surface area contributed by atoms with E-state index in [2.05, 4.69) is 4.74 Å². The molecule has 0 amide bonds. The molecule has 0 aromatic heterocycles. The van der Waals surface area contributed by atoms with Gasteiger partial charge in [0.2, 0.25) is 0 Å². The van der Waals surface area contributed by atoms with E-state index in [1.807, 2.05) is 0 Å². The minimum Gasteiger partial charge on any atom is -0.469 e. The molecule has 64 valence electrons. The van der Waals surface area contributed by atoms with Crippen molar-refractivity contribution < 1.29 is 19.0 Å². The van der Waals surface area contributed by atoms with Crippen LogP contribution in [0.25, 0.3) is 0 Å². The van der Waals surface area contributed by atoms with E-state index in [1.165, 1.54) is 7.11 Å². The van der Waals surface area contributed by atoms with E-state index in [0.29, 0.717) is 19.8 Å². The predicted octanol–water partition coefficient (Wildman–Crippen LogP) is -0.0351. The normalized spacial score (nSPS) is 24.6. The summed E-state index contributed by atoms with van der Waals surface area (Å²) in [6.07, 6.45) is 0.174. The van der Waals surface area contributed by atoms with Gasteiger partial charge in [-0.25, -0.2) is 0 Å². The molecular formula is C7H12O4. The van der Waals surface area contributed by atoms with Gasteiger partial charge in [-0.05, 0) is 0 Å². The summed E-state index contributed by atoms with van der Waals surface area (Å²) in [6, 6.07) is 0. The number of methoxy groups -OCH3 is 1. The lowest BCUT2D eigenvalue weighted by atomic mass is 10.2. The van der Waals surface area contributed by atoms with Crippen LogP contribution in [-0.4, -0.2) is 39.0 Å². The highest BCUT2D eigenvalue weighted by Crippen LogP contribution is 2.05. The van der Waals surface area contributed by atoms with Gasteiger partial charge in [-0.1, -0.05) is 0 Å². The van der Waals surface area contributed by atoms with Gasteiger partial charge in [0.05, 0.1) is 39.5 Å². The zero-order valence-corrected chi connectivity index (χ0v) is 6.54. The number of hydrogen-bond acceptors (Lipinski definition) is 4. The summed E-state index contributed by atoms with van der Waals surface area (Å²) in [5.74, 6) is -0.250. The first-order chi connectivity index (χ1) is 5.33. The molecule has 1 rings (SSSR count). The molecule has 0 spiro atoms. The van der Waals surface area contributed by atoms with Crippen molar-refractivity contribution in [2.75, 3.05) is 26.9 Å². The fraction of sp³-hybridized carbons (Fsp3) is 0.857. The molecule has 0 aromatic carbocycles. The molecule has 1 saturated heterocycles. The van der Waals surface area contributed by atoms with Crippen LogP contribution in [0.3, 0.4) is 0 Å². The first kappa shape index (κ1) is 8.49. The Morgan fingerprint density at radius 2 is 2.45 bits per heavy atom. The highest BCUT2D eigenvalue weighted by Gasteiger charge is 2.17. The van der Waals surface area contributed by atoms with Crippen molar-refractivity contribution in [3.63, 3.8) is 0 Å². The van der Waals surface area contributed by atoms with Gasteiger partial charge in [0.25, 0.3) is 0 Å². The van der Waals surface area contributed by atoms with Crippen molar-refractivity contribution in [3.8, 4) is 0 Å². The van der Waals surface area contributed by atoms with Gasteiger partial charge in [0.1, 0.15) is 0 Å². The molecule has 0 aliphatic carbocycles. The predicted molar refractivity (Wildman–Crippen MR) is 37.2 cm³/mol. The van der Waals surface area contributed by atoms with Gasteiger partial charge in [-0.2, -0.15) is 0 Å². The minimum atomic E-state index is -0.250. The highest BCUT2D eigenvalue weighted by molar-refractivity contribution is 5.69. The maximum absolute atomic E-state index is 10.7. The lowest BCUT2D eigenvalue weighted by molar-refractivity contribution is -0.149. The van der Waals surface area contributed by atoms with Crippen molar-refractivity contribution in [2.45, 2.75) is 12.5 Å². The molecule has 0 bridgehead atoms. The Bertz CT molecular complexity index is 128. The van der Waals surface area contributed by atoms with Crippen LogP contribution in [-0.2, 0) is 19.0 Å². The van der Waals surface area contributed by atoms with E-state index < -0.39 is 0 Å². The largest absolute Gasteiger partial charge is 0.469 e. The topological polar surface area (TPSA) is 44.8 Å². The van der Waals surface area contributed by atoms with E-state index in [4.69, 9.17) is 9.47 Å². The SMILES string of the molecule is COC(=O)CC1COCCO1. The summed E-state index contributed by atoms with van der Waals surface area (Å²) in [6.45, 7) is 1.69. The van der Waals surface area contributed by atoms with Gasteiger partial charge < -0.3 is 14.2 Å². The van der Waals surface area contributed by atoms with Crippen LogP contribution < -0.4 is 0 Å². The second kappa shape index (κ2) is 4.31. The van der Waals surface area contributed by atoms with Crippen molar-refractivity contribution in [3.05, 3.63) is 0 Å². The molecule has 1 aliphatic rings. The second-order valence-electron chi connectivity index (χ2n) is 2.35. The van der Waals surface area contributed by atoms with Gasteiger partial charge >= 0.3 is 5.97 Å². The molecule has 11 heavy (non-hydrogen) atoms. The lowest BCUT2D eigenvalue weighted by Crippen LogP contribution is -2.30. The molecule has 1 fully saturated rings. The van der Waals surface area contributed by atoms with E-state index in [1.54, 1.807) is 0 Å². The Hall–Kier alpha value is -0.610. The zero-order valence-electron chi connectivity index (χ0n) is 6.54. The maximum atomic E-state index is 10.7. The molecule has 1 heterocycles. The van der Waals surface area contributed by atoms with Crippen LogP contribution in [0.2, 0.25) is 0 Å². The van der Waals surface area contributed by atoms with Crippen molar-refractivity contribution >= 4 is 5.97 Å². The van der Waals surface area contributed by atoms with Gasteiger partial charge in [-0.15, -0.1) is 0 Å². The van der Waals surface area contributed by atoms with Crippen LogP contribution in [0.5, 0.6) is 0 Å². The number of rotatable bonds is 2. The van der Waals surface area contributed by atoms with Gasteiger partial charge in [0.15, 0.2) is 0 Å². The zero-order chi connectivity index (χ0) is 8.10. The summed E-state index contributed by atoms with van der Waals surface area (Å²) < 4.78 is 14.8. The lowest BCUT2D eigenvalue weighted by Gasteiger charge is -2.21. The summed E-state index contributed by atoms with van der Waals surface area (Å²) >= 11 is 0. The summed E-state index contributed by atoms with van der Waals surface area (Å²) in [4.78, 5) is 10.7. The van der Waals surface area contributed by atoms with E-state index >= 15 is 0 Å². The molecule has 0 aromatic rings. The van der Waals surface area contributed by atoms with Gasteiger partial charge in [-0.3, -0.25) is 4.79 Å². The highest BCUT2D eigenvalue weighted by atomic mass is 16.6. The standard InChI is InChI=1S/C7H12O4/c1-9-7(8)4-6-5-10-2-3-11-6/h6H,2-5H2,1H3. The van der Waals surface area contributed by atoms with Crippen molar-refractivity contribution in [1.82, 2.24) is 0 Å². The molecule has 4 nitrogen and oxygen atoms in total. The fourth-order valence-corrected chi connectivity index (χ4v) is 0.924. The van der Waals surface area contributed by atoms with Crippen LogP contribution in [0.15, 0.2) is 0 Å². The summed E-state index contributed by atoms with van der Waals surface area (Å²) in [5.41, 5.74) is 0. The third kappa shape index (κ3) is 2.86. The summed E-state index contributed by atoms with van der Waals surface area (Å²) in [5, 5.41) is 0. The molecule has 0 saturated carbocycles. The number of carbonyl (C=O) groups excluding carboxylic acids is 1. The Morgan fingerprint density at radius 3 is 3.00 bits per heavy atom. The van der Waals surface area contributed by atoms with Crippen LogP contribution in [0.4, 0.5) is 0 Å². The molecule has 1 atom stereocenters. The first-order valence-electron chi connectivity index (χ1n) is 3.59. The van der Waals surface area contributed by atoms with E-state index in [0.717, 1.165) is 0 Å². The van der Waals surface area contributed by atoms with Gasteiger partial charge in [0, 0.05) is 0 Å². The Balaban J connectivity index is 2.19. The smallest absolute Gasteiger partial charge is 0.308 e. The average Bonchev–Trinajstić information content (AvgIpc) is 2.06. The minimum absolute atomic E-state index is 0.115. The number of carbonyl (C=O) groups is 1. The van der Waals surface area contributed by atoms with Crippen LogP contribution in [0.1, 0.15) is 6.42 Å². The van der Waals surface area contributed by atoms with E-state index in [9.17, 15) is 4.79 Å². The van der Waals surface area contributed by atoms with Crippen LogP contribution >= 0.6 is 0 Å². The molecule has 1 aliphatic heterocycles. The summed E-state index contributed by atoms with van der Waals surface area (Å²) in [7, 11) is 1.37. The number of ether oxygens (including phenoxy) is 3. The molecule has 0 radical (unpaired) electrons. The Labute approximate surface area is 65.4 Å². The first-order valence-corrected chi connectivity index (χ1v) is 3.59. The molecule has 4 heteroatoms. The maximum Gasteiger partial charge on any atom is 0.308 e. The second-order valence-corrected chi connectivity index (χ2v) is 2.35. The molecule has 1 unspecified atom stereocenters. The quantitative estimate of drug-likeness (QED) is 0.532. The van der Waals surface area contributed by atoms with E-state index in [-0.39, 0.29) is 18.5 Å². The molecular weight excluding hydrogens is 148 g/mol. The van der Waals surface area contributed by atoms with Crippen molar-refractivity contribution in [2.24, 2.45) is 0 Å². The fourth-order valence-electron chi connectivity index (χ4n) is 0.924. The Kier molecular flexibility index (Phi) is 3.32. The monoisotopic (exact) mass is 160 g/mol. The third-order valence-corrected chi connectivity index (χ3v) is 1.51. The number of hydrogen-bond donors (Lipinski definition) is 0. The van der Waals surface area contributed by atoms with Crippen molar-refractivity contribution in [1.29, 1.82) is 0 Å². The average molecular weight is 160 g/mol. The molecule has 0 N–H and O–H groups in total. The number of esters is 1. The van der Waals surface area contributed by atoms with Crippen LogP contribution in [0, 0.1) is 0 Å². The third-order valence-electron chi connectivity index (χ3n) is 1.51.